The molecule has 0 aliphatic carbocycles. The molecular formula is C15H19ClN2O3. The number of amides is 2. The van der Waals surface area contributed by atoms with Crippen molar-refractivity contribution in [2.24, 2.45) is 0 Å². The lowest BCUT2D eigenvalue weighted by Gasteiger charge is -2.24. The van der Waals surface area contributed by atoms with Crippen molar-refractivity contribution in [3.8, 4) is 0 Å². The summed E-state index contributed by atoms with van der Waals surface area (Å²) in [5, 5.41) is 3.39. The molecule has 1 fully saturated rings. The molecule has 6 heteroatoms. The van der Waals surface area contributed by atoms with Crippen molar-refractivity contribution in [2.45, 2.75) is 25.4 Å². The van der Waals surface area contributed by atoms with Crippen LogP contribution in [0, 0.1) is 0 Å². The van der Waals surface area contributed by atoms with Gasteiger partial charge >= 0.3 is 0 Å². The number of benzene rings is 1. The van der Waals surface area contributed by atoms with Crippen LogP contribution in [0.15, 0.2) is 24.3 Å². The number of nitrogens with one attached hydrogen (secondary N) is 1. The standard InChI is InChI=1S/C15H19ClN2O3/c1-21-9-8-17-15(20)13-6-7-14(19)18(13)10-11-4-2-3-5-12(11)16/h2-5,13H,6-10H2,1H3,(H,17,20)/t13-/m1/s1. The van der Waals surface area contributed by atoms with Crippen molar-refractivity contribution in [1.29, 1.82) is 0 Å². The van der Waals surface area contributed by atoms with Crippen LogP contribution in [0.1, 0.15) is 18.4 Å². The third-order valence-electron chi connectivity index (χ3n) is 3.53. The molecule has 1 aliphatic rings. The van der Waals surface area contributed by atoms with Crippen LogP contribution in [-0.4, -0.2) is 43.0 Å². The Morgan fingerprint density at radius 3 is 2.95 bits per heavy atom. The summed E-state index contributed by atoms with van der Waals surface area (Å²) in [6.45, 7) is 1.26. The molecule has 1 saturated heterocycles. The van der Waals surface area contributed by atoms with Crippen molar-refractivity contribution in [1.82, 2.24) is 10.2 Å². The number of carbonyl (C=O) groups is 2. The molecule has 5 nitrogen and oxygen atoms in total. The number of rotatable bonds is 6. The van der Waals surface area contributed by atoms with Gasteiger partial charge in [0, 0.05) is 31.6 Å². The first kappa shape index (κ1) is 15.8. The van der Waals surface area contributed by atoms with Gasteiger partial charge in [-0.2, -0.15) is 0 Å². The van der Waals surface area contributed by atoms with Gasteiger partial charge in [0.1, 0.15) is 6.04 Å². The van der Waals surface area contributed by atoms with Crippen molar-refractivity contribution in [3.63, 3.8) is 0 Å². The first-order valence-corrected chi connectivity index (χ1v) is 7.31. The molecule has 2 amide bonds. The summed E-state index contributed by atoms with van der Waals surface area (Å²) in [4.78, 5) is 25.8. The van der Waals surface area contributed by atoms with Gasteiger partial charge in [-0.15, -0.1) is 0 Å². The number of methoxy groups -OCH3 is 1. The normalized spacial score (nSPS) is 18.1. The summed E-state index contributed by atoms with van der Waals surface area (Å²) >= 11 is 6.13. The van der Waals surface area contributed by atoms with Gasteiger partial charge in [0.2, 0.25) is 11.8 Å². The van der Waals surface area contributed by atoms with Gasteiger partial charge in [-0.05, 0) is 18.1 Å². The van der Waals surface area contributed by atoms with Crippen LogP contribution < -0.4 is 5.32 Å². The Bertz CT molecular complexity index is 521. The molecule has 0 radical (unpaired) electrons. The third kappa shape index (κ3) is 3.95. The van der Waals surface area contributed by atoms with E-state index in [1.165, 1.54) is 0 Å². The predicted octanol–water partition coefficient (Wildman–Crippen LogP) is 1.59. The summed E-state index contributed by atoms with van der Waals surface area (Å²) in [7, 11) is 1.58. The molecule has 0 aromatic heterocycles. The maximum absolute atomic E-state index is 12.2. The Hall–Kier alpha value is -1.59. The molecule has 1 aromatic rings. The highest BCUT2D eigenvalue weighted by Gasteiger charge is 2.35. The molecule has 1 heterocycles. The molecule has 21 heavy (non-hydrogen) atoms. The van der Waals surface area contributed by atoms with Crippen LogP contribution in [-0.2, 0) is 20.9 Å². The summed E-state index contributed by atoms with van der Waals surface area (Å²) in [6, 6.07) is 6.94. The van der Waals surface area contributed by atoms with E-state index in [4.69, 9.17) is 16.3 Å². The lowest BCUT2D eigenvalue weighted by molar-refractivity contribution is -0.135. The van der Waals surface area contributed by atoms with Crippen LogP contribution >= 0.6 is 11.6 Å². The summed E-state index contributed by atoms with van der Waals surface area (Å²) in [6.07, 6.45) is 0.939. The largest absolute Gasteiger partial charge is 0.383 e. The SMILES string of the molecule is COCCNC(=O)[C@H]1CCC(=O)N1Cc1ccccc1Cl. The molecule has 1 aliphatic heterocycles. The smallest absolute Gasteiger partial charge is 0.242 e. The average molecular weight is 311 g/mol. The summed E-state index contributed by atoms with van der Waals surface area (Å²) in [5.74, 6) is -0.147. The van der Waals surface area contributed by atoms with Gasteiger partial charge in [0.25, 0.3) is 0 Å². The van der Waals surface area contributed by atoms with Crippen molar-refractivity contribution in [2.75, 3.05) is 20.3 Å². The number of halogens is 1. The number of ether oxygens (including phenoxy) is 1. The maximum atomic E-state index is 12.2. The van der Waals surface area contributed by atoms with E-state index >= 15 is 0 Å². The zero-order valence-electron chi connectivity index (χ0n) is 12.0. The Kier molecular flexibility index (Phi) is 5.59. The molecule has 1 atom stereocenters. The van der Waals surface area contributed by atoms with Crippen LogP contribution in [0.3, 0.4) is 0 Å². The highest BCUT2D eigenvalue weighted by atomic mass is 35.5. The van der Waals surface area contributed by atoms with Gasteiger partial charge in [0.05, 0.1) is 6.61 Å². The number of hydrogen-bond acceptors (Lipinski definition) is 3. The number of likely N-dealkylation sites (tertiary alicyclic amines) is 1. The Labute approximate surface area is 129 Å². The lowest BCUT2D eigenvalue weighted by Crippen LogP contribution is -2.45. The second kappa shape index (κ2) is 7.43. The predicted molar refractivity (Wildman–Crippen MR) is 79.9 cm³/mol. The van der Waals surface area contributed by atoms with Gasteiger partial charge in [-0.1, -0.05) is 29.8 Å². The van der Waals surface area contributed by atoms with Gasteiger partial charge < -0.3 is 15.0 Å². The van der Waals surface area contributed by atoms with E-state index in [-0.39, 0.29) is 11.8 Å². The van der Waals surface area contributed by atoms with Gasteiger partial charge in [-0.3, -0.25) is 9.59 Å². The van der Waals surface area contributed by atoms with E-state index in [9.17, 15) is 9.59 Å². The average Bonchev–Trinajstić information content (AvgIpc) is 2.83. The Morgan fingerprint density at radius 1 is 1.48 bits per heavy atom. The molecule has 2 rings (SSSR count). The molecule has 0 saturated carbocycles. The van der Waals surface area contributed by atoms with Crippen molar-refractivity contribution >= 4 is 23.4 Å². The van der Waals surface area contributed by atoms with E-state index in [0.29, 0.717) is 37.6 Å². The topological polar surface area (TPSA) is 58.6 Å². The minimum absolute atomic E-state index is 0.0122. The molecule has 1 N–H and O–H groups in total. The highest BCUT2D eigenvalue weighted by Crippen LogP contribution is 2.24. The minimum atomic E-state index is -0.425. The van der Waals surface area contributed by atoms with Crippen molar-refractivity contribution in [3.05, 3.63) is 34.9 Å². The zero-order chi connectivity index (χ0) is 15.2. The zero-order valence-corrected chi connectivity index (χ0v) is 12.7. The molecule has 114 valence electrons. The summed E-state index contributed by atoms with van der Waals surface area (Å²) < 4.78 is 4.90. The molecular weight excluding hydrogens is 292 g/mol. The number of carbonyl (C=O) groups excluding carboxylic acids is 2. The fourth-order valence-electron chi connectivity index (χ4n) is 2.41. The second-order valence-corrected chi connectivity index (χ2v) is 5.36. The highest BCUT2D eigenvalue weighted by molar-refractivity contribution is 6.31. The van der Waals surface area contributed by atoms with Crippen molar-refractivity contribution < 1.29 is 14.3 Å². The van der Waals surface area contributed by atoms with E-state index in [0.717, 1.165) is 5.56 Å². The first-order valence-electron chi connectivity index (χ1n) is 6.93. The Morgan fingerprint density at radius 2 is 2.24 bits per heavy atom. The van der Waals surface area contributed by atoms with E-state index < -0.39 is 6.04 Å². The van der Waals surface area contributed by atoms with Crippen LogP contribution in [0.5, 0.6) is 0 Å². The molecule has 0 bridgehead atoms. The fraction of sp³-hybridized carbons (Fsp3) is 0.467. The third-order valence-corrected chi connectivity index (χ3v) is 3.90. The maximum Gasteiger partial charge on any atom is 0.242 e. The number of nitrogens with zero attached hydrogens (tertiary/aromatic N) is 1. The summed E-state index contributed by atoms with van der Waals surface area (Å²) in [5.41, 5.74) is 0.851. The monoisotopic (exact) mass is 310 g/mol. The van der Waals surface area contributed by atoms with Crippen LogP contribution in [0.25, 0.3) is 0 Å². The quantitative estimate of drug-likeness (QED) is 0.812. The number of hydrogen-bond donors (Lipinski definition) is 1. The van der Waals surface area contributed by atoms with Crippen LogP contribution in [0.2, 0.25) is 5.02 Å². The van der Waals surface area contributed by atoms with Gasteiger partial charge in [-0.25, -0.2) is 0 Å². The first-order chi connectivity index (χ1) is 10.1. The van der Waals surface area contributed by atoms with E-state index in [1.807, 2.05) is 18.2 Å². The lowest BCUT2D eigenvalue weighted by atomic mass is 10.1. The molecule has 0 unspecified atom stereocenters. The van der Waals surface area contributed by atoms with E-state index in [2.05, 4.69) is 5.32 Å². The molecule has 1 aromatic carbocycles. The van der Waals surface area contributed by atoms with Gasteiger partial charge in [0.15, 0.2) is 0 Å². The van der Waals surface area contributed by atoms with E-state index in [1.54, 1.807) is 18.1 Å². The molecule has 0 spiro atoms. The second-order valence-electron chi connectivity index (χ2n) is 4.95. The Balaban J connectivity index is 2.03. The fourth-order valence-corrected chi connectivity index (χ4v) is 2.60. The minimum Gasteiger partial charge on any atom is -0.383 e. The van der Waals surface area contributed by atoms with Crippen LogP contribution in [0.4, 0.5) is 0 Å².